The van der Waals surface area contributed by atoms with Crippen LogP contribution in [0.1, 0.15) is 60.4 Å². The number of rotatable bonds is 5. The summed E-state index contributed by atoms with van der Waals surface area (Å²) in [6.07, 6.45) is 10.5. The minimum absolute atomic E-state index is 0.0171. The highest BCUT2D eigenvalue weighted by Gasteiger charge is 2.23. The van der Waals surface area contributed by atoms with Gasteiger partial charge in [-0.3, -0.25) is 0 Å². The molecule has 28 heavy (non-hydrogen) atoms. The molecule has 0 spiro atoms. The zero-order valence-corrected chi connectivity index (χ0v) is 17.0. The van der Waals surface area contributed by atoms with Crippen LogP contribution in [0.25, 0.3) is 10.8 Å². The molecule has 3 aromatic rings. The van der Waals surface area contributed by atoms with Gasteiger partial charge in [0.05, 0.1) is 0 Å². The Morgan fingerprint density at radius 2 is 1.86 bits per heavy atom. The molecule has 1 aliphatic carbocycles. The predicted octanol–water partition coefficient (Wildman–Crippen LogP) is 7.32. The molecule has 1 aliphatic rings. The highest BCUT2D eigenvalue weighted by atomic mass is 19.1. The van der Waals surface area contributed by atoms with E-state index in [1.807, 2.05) is 12.1 Å². The fraction of sp³-hybridized carbons (Fsp3) is 0.333. The lowest BCUT2D eigenvalue weighted by Gasteiger charge is -2.26. The molecule has 1 atom stereocenters. The highest BCUT2D eigenvalue weighted by Crippen LogP contribution is 2.36. The Hall–Kier alpha value is -2.41. The van der Waals surface area contributed by atoms with E-state index >= 15 is 4.39 Å². The molecule has 0 aromatic heterocycles. The van der Waals surface area contributed by atoms with Gasteiger partial charge in [0.2, 0.25) is 0 Å². The van der Waals surface area contributed by atoms with Crippen LogP contribution in [-0.4, -0.2) is 0 Å². The van der Waals surface area contributed by atoms with Crippen LogP contribution < -0.4 is 0 Å². The molecule has 144 valence electrons. The molecule has 1 heteroatoms. The van der Waals surface area contributed by atoms with Crippen molar-refractivity contribution in [2.75, 3.05) is 0 Å². The molecule has 3 aromatic carbocycles. The molecule has 0 nitrogen and oxygen atoms in total. The first-order valence-electron chi connectivity index (χ1n) is 10.6. The Labute approximate surface area is 168 Å². The third-order valence-electron chi connectivity index (χ3n) is 6.23. The van der Waals surface area contributed by atoms with Gasteiger partial charge in [0, 0.05) is 5.39 Å². The second-order valence-electron chi connectivity index (χ2n) is 8.03. The number of hydrogen-bond donors (Lipinski definition) is 0. The van der Waals surface area contributed by atoms with E-state index in [9.17, 15) is 0 Å². The van der Waals surface area contributed by atoms with Crippen molar-refractivity contribution in [1.82, 2.24) is 0 Å². The summed E-state index contributed by atoms with van der Waals surface area (Å²) >= 11 is 0. The lowest BCUT2D eigenvalue weighted by molar-refractivity contribution is 0.539. The first kappa shape index (κ1) is 18.9. The number of hydrogen-bond acceptors (Lipinski definition) is 0. The van der Waals surface area contributed by atoms with Crippen molar-refractivity contribution in [3.05, 3.63) is 94.3 Å². The van der Waals surface area contributed by atoms with Crippen LogP contribution in [0.15, 0.2) is 60.7 Å². The summed E-state index contributed by atoms with van der Waals surface area (Å²) in [6, 6.07) is 17.2. The average Bonchev–Trinajstić information content (AvgIpc) is 2.73. The largest absolute Gasteiger partial charge is 0.206 e. The molecule has 4 rings (SSSR count). The fourth-order valence-electron chi connectivity index (χ4n) is 4.54. The summed E-state index contributed by atoms with van der Waals surface area (Å²) in [4.78, 5) is 0. The zero-order valence-electron chi connectivity index (χ0n) is 17.0. The van der Waals surface area contributed by atoms with Crippen molar-refractivity contribution >= 4 is 10.8 Å². The van der Waals surface area contributed by atoms with E-state index in [0.29, 0.717) is 0 Å². The first-order valence-corrected chi connectivity index (χ1v) is 10.6. The van der Waals surface area contributed by atoms with E-state index in [1.54, 1.807) is 0 Å². The topological polar surface area (TPSA) is 0 Å². The van der Waals surface area contributed by atoms with Crippen molar-refractivity contribution in [3.8, 4) is 0 Å². The standard InChI is InChI=1S/C27H29F/c1-3-5-6-7-20-8-10-22-18-24(12-11-21(22)17-20)26-15-13-23-16-19(4-2)9-14-25(23)27(26)28/h3,5,8-10,13-17,24H,4,6-7,11-12,18H2,1-2H3/b5-3+. The number of benzene rings is 3. The molecule has 0 saturated heterocycles. The number of allylic oxidation sites excluding steroid dienone is 2. The molecule has 0 aliphatic heterocycles. The number of fused-ring (bicyclic) bond motifs is 2. The van der Waals surface area contributed by atoms with Gasteiger partial charge in [0.25, 0.3) is 0 Å². The smallest absolute Gasteiger partial charge is 0.134 e. The highest BCUT2D eigenvalue weighted by molar-refractivity contribution is 5.84. The number of halogens is 1. The van der Waals surface area contributed by atoms with Gasteiger partial charge in [0.1, 0.15) is 5.82 Å². The Bertz CT molecular complexity index is 1010. The summed E-state index contributed by atoms with van der Waals surface area (Å²) in [5.74, 6) is 0.258. The molecule has 0 radical (unpaired) electrons. The summed E-state index contributed by atoms with van der Waals surface area (Å²) in [5.41, 5.74) is 6.42. The zero-order chi connectivity index (χ0) is 19.5. The average molecular weight is 373 g/mol. The van der Waals surface area contributed by atoms with Crippen molar-refractivity contribution in [1.29, 1.82) is 0 Å². The molecular formula is C27H29F. The lowest BCUT2D eigenvalue weighted by Crippen LogP contribution is -2.14. The molecule has 0 bridgehead atoms. The van der Waals surface area contributed by atoms with E-state index < -0.39 is 0 Å². The normalized spacial score (nSPS) is 16.6. The van der Waals surface area contributed by atoms with E-state index in [4.69, 9.17) is 0 Å². The van der Waals surface area contributed by atoms with Gasteiger partial charge in [-0.2, -0.15) is 0 Å². The van der Waals surface area contributed by atoms with Crippen molar-refractivity contribution < 1.29 is 4.39 Å². The van der Waals surface area contributed by atoms with E-state index in [2.05, 4.69) is 62.4 Å². The minimum atomic E-state index is -0.0171. The van der Waals surface area contributed by atoms with E-state index in [0.717, 1.165) is 54.9 Å². The van der Waals surface area contributed by atoms with Gasteiger partial charge in [-0.25, -0.2) is 4.39 Å². The maximum atomic E-state index is 15.3. The number of aryl methyl sites for hydroxylation is 3. The van der Waals surface area contributed by atoms with Crippen molar-refractivity contribution in [2.45, 2.75) is 58.3 Å². The van der Waals surface area contributed by atoms with Gasteiger partial charge in [-0.05, 0) is 84.6 Å². The minimum Gasteiger partial charge on any atom is -0.206 e. The van der Waals surface area contributed by atoms with Crippen molar-refractivity contribution in [3.63, 3.8) is 0 Å². The van der Waals surface area contributed by atoms with Crippen LogP contribution in [-0.2, 0) is 25.7 Å². The van der Waals surface area contributed by atoms with Crippen LogP contribution in [0.5, 0.6) is 0 Å². The first-order chi connectivity index (χ1) is 13.7. The van der Waals surface area contributed by atoms with E-state index in [1.165, 1.54) is 22.3 Å². The molecule has 0 heterocycles. The van der Waals surface area contributed by atoms with Gasteiger partial charge >= 0.3 is 0 Å². The van der Waals surface area contributed by atoms with Crippen LogP contribution in [0, 0.1) is 5.82 Å². The molecule has 0 N–H and O–H groups in total. The van der Waals surface area contributed by atoms with Gasteiger partial charge in [0.15, 0.2) is 0 Å². The Kier molecular flexibility index (Phi) is 5.62. The Balaban J connectivity index is 1.58. The van der Waals surface area contributed by atoms with Crippen molar-refractivity contribution in [2.24, 2.45) is 0 Å². The molecule has 0 amide bonds. The summed E-state index contributed by atoms with van der Waals surface area (Å²) in [6.45, 7) is 4.21. The predicted molar refractivity (Wildman–Crippen MR) is 118 cm³/mol. The SMILES string of the molecule is C/C=C/CCc1ccc2c(c1)CCC(c1ccc3cc(CC)ccc3c1F)C2. The van der Waals surface area contributed by atoms with Crippen LogP contribution in [0.4, 0.5) is 4.39 Å². The second kappa shape index (κ2) is 8.31. The Morgan fingerprint density at radius 1 is 1.00 bits per heavy atom. The van der Waals surface area contributed by atoms with Crippen LogP contribution in [0.3, 0.4) is 0 Å². The lowest BCUT2D eigenvalue weighted by atomic mass is 9.79. The van der Waals surface area contributed by atoms with Gasteiger partial charge in [-0.15, -0.1) is 0 Å². The Morgan fingerprint density at radius 3 is 2.68 bits per heavy atom. The van der Waals surface area contributed by atoms with Gasteiger partial charge in [-0.1, -0.05) is 67.6 Å². The molecule has 0 fully saturated rings. The maximum absolute atomic E-state index is 15.3. The van der Waals surface area contributed by atoms with Crippen LogP contribution >= 0.6 is 0 Å². The summed E-state index contributed by atoms with van der Waals surface area (Å²) in [5, 5.41) is 1.78. The van der Waals surface area contributed by atoms with Gasteiger partial charge < -0.3 is 0 Å². The van der Waals surface area contributed by atoms with E-state index in [-0.39, 0.29) is 11.7 Å². The molecule has 0 saturated carbocycles. The fourth-order valence-corrected chi connectivity index (χ4v) is 4.54. The second-order valence-corrected chi connectivity index (χ2v) is 8.03. The summed E-state index contributed by atoms with van der Waals surface area (Å²) in [7, 11) is 0. The quantitative estimate of drug-likeness (QED) is 0.411. The maximum Gasteiger partial charge on any atom is 0.134 e. The summed E-state index contributed by atoms with van der Waals surface area (Å²) < 4.78 is 15.3. The third-order valence-corrected chi connectivity index (χ3v) is 6.23. The molecule has 1 unspecified atom stereocenters. The molecular weight excluding hydrogens is 343 g/mol. The van der Waals surface area contributed by atoms with Crippen LogP contribution in [0.2, 0.25) is 0 Å². The third kappa shape index (κ3) is 3.76. The monoisotopic (exact) mass is 372 g/mol.